The Morgan fingerprint density at radius 3 is 2.48 bits per heavy atom. The zero-order chi connectivity index (χ0) is 22.8. The molecule has 0 saturated carbocycles. The first kappa shape index (κ1) is 22.6. The average molecular weight is 447 g/mol. The standard InChI is InChI=1S/C22H26N2O6S/c1-14-11-18-12-17(7-10-20(18)24(14)31(4,27)28)22(26)30-15(2)21(25)23-13-16-5-8-19(29-3)9-6-16/h5-10,12,14-15H,11,13H2,1-4H3,(H,23,25)/t14-,15-/m1/s1. The second kappa shape index (κ2) is 8.97. The third-order valence-electron chi connectivity index (χ3n) is 5.10. The van der Waals surface area contributed by atoms with Gasteiger partial charge in [0.2, 0.25) is 10.0 Å². The molecule has 1 aliphatic rings. The van der Waals surface area contributed by atoms with Crippen molar-refractivity contribution in [1.29, 1.82) is 0 Å². The van der Waals surface area contributed by atoms with Gasteiger partial charge in [0, 0.05) is 12.6 Å². The summed E-state index contributed by atoms with van der Waals surface area (Å²) in [6.45, 7) is 3.61. The molecule has 166 valence electrons. The zero-order valence-corrected chi connectivity index (χ0v) is 18.7. The molecule has 31 heavy (non-hydrogen) atoms. The number of nitrogens with one attached hydrogen (secondary N) is 1. The van der Waals surface area contributed by atoms with Gasteiger partial charge in [-0.2, -0.15) is 0 Å². The molecule has 1 amide bonds. The van der Waals surface area contributed by atoms with Crippen molar-refractivity contribution in [2.45, 2.75) is 39.0 Å². The zero-order valence-electron chi connectivity index (χ0n) is 17.9. The molecule has 1 aliphatic heterocycles. The van der Waals surface area contributed by atoms with Gasteiger partial charge < -0.3 is 14.8 Å². The molecular formula is C22H26N2O6S. The largest absolute Gasteiger partial charge is 0.497 e. The Kier molecular flexibility index (Phi) is 6.54. The number of fused-ring (bicyclic) bond motifs is 1. The molecule has 0 spiro atoms. The number of ether oxygens (including phenoxy) is 2. The summed E-state index contributed by atoms with van der Waals surface area (Å²) in [6.07, 6.45) is 0.680. The molecule has 0 fully saturated rings. The number of hydrogen-bond acceptors (Lipinski definition) is 6. The maximum Gasteiger partial charge on any atom is 0.338 e. The lowest BCUT2D eigenvalue weighted by molar-refractivity contribution is -0.129. The third kappa shape index (κ3) is 5.16. The van der Waals surface area contributed by atoms with E-state index in [-0.39, 0.29) is 11.6 Å². The van der Waals surface area contributed by atoms with E-state index in [9.17, 15) is 18.0 Å². The monoisotopic (exact) mass is 446 g/mol. The van der Waals surface area contributed by atoms with Gasteiger partial charge in [0.15, 0.2) is 6.10 Å². The van der Waals surface area contributed by atoms with Crippen molar-refractivity contribution in [1.82, 2.24) is 5.32 Å². The van der Waals surface area contributed by atoms with E-state index >= 15 is 0 Å². The van der Waals surface area contributed by atoms with Crippen LogP contribution in [0.2, 0.25) is 0 Å². The molecular weight excluding hydrogens is 420 g/mol. The van der Waals surface area contributed by atoms with Gasteiger partial charge in [-0.3, -0.25) is 9.10 Å². The molecule has 0 bridgehead atoms. The number of hydrogen-bond donors (Lipinski definition) is 1. The fourth-order valence-corrected chi connectivity index (χ4v) is 4.86. The van der Waals surface area contributed by atoms with E-state index in [0.29, 0.717) is 18.7 Å². The van der Waals surface area contributed by atoms with Gasteiger partial charge in [-0.15, -0.1) is 0 Å². The molecule has 9 heteroatoms. The summed E-state index contributed by atoms with van der Waals surface area (Å²) in [5, 5.41) is 2.73. The summed E-state index contributed by atoms with van der Waals surface area (Å²) in [5.74, 6) is -0.330. The number of carbonyl (C=O) groups excluding carboxylic acids is 2. The summed E-state index contributed by atoms with van der Waals surface area (Å²) in [6, 6.07) is 11.8. The smallest absolute Gasteiger partial charge is 0.338 e. The maximum absolute atomic E-state index is 12.5. The highest BCUT2D eigenvalue weighted by Gasteiger charge is 2.33. The Labute approximate surface area is 182 Å². The van der Waals surface area contributed by atoms with Crippen LogP contribution in [0, 0.1) is 0 Å². The molecule has 0 unspecified atom stereocenters. The SMILES string of the molecule is COc1ccc(CNC(=O)[C@@H](C)OC(=O)c2ccc3c(c2)C[C@@H](C)N3S(C)(=O)=O)cc1. The molecule has 1 N–H and O–H groups in total. The van der Waals surface area contributed by atoms with Gasteiger partial charge in [-0.25, -0.2) is 13.2 Å². The summed E-state index contributed by atoms with van der Waals surface area (Å²) >= 11 is 0. The molecule has 0 saturated heterocycles. The van der Waals surface area contributed by atoms with Crippen LogP contribution in [0.3, 0.4) is 0 Å². The van der Waals surface area contributed by atoms with Gasteiger partial charge in [0.05, 0.1) is 24.6 Å². The summed E-state index contributed by atoms with van der Waals surface area (Å²) in [7, 11) is -1.83. The van der Waals surface area contributed by atoms with Crippen LogP contribution >= 0.6 is 0 Å². The first-order valence-corrected chi connectivity index (χ1v) is 11.7. The number of sulfonamides is 1. The van der Waals surface area contributed by atoms with Crippen LogP contribution in [-0.2, 0) is 32.5 Å². The second-order valence-corrected chi connectivity index (χ2v) is 9.43. The lowest BCUT2D eigenvalue weighted by Gasteiger charge is -2.22. The Hall–Kier alpha value is -3.07. The number of amides is 1. The van der Waals surface area contributed by atoms with Crippen LogP contribution in [0.25, 0.3) is 0 Å². The van der Waals surface area contributed by atoms with E-state index in [1.54, 1.807) is 31.4 Å². The number of methoxy groups -OCH3 is 1. The van der Waals surface area contributed by atoms with Crippen molar-refractivity contribution in [3.8, 4) is 5.75 Å². The number of carbonyl (C=O) groups is 2. The highest BCUT2D eigenvalue weighted by molar-refractivity contribution is 7.92. The van der Waals surface area contributed by atoms with Crippen LogP contribution in [0.5, 0.6) is 5.75 Å². The van der Waals surface area contributed by atoms with Gasteiger partial charge in [-0.1, -0.05) is 12.1 Å². The lowest BCUT2D eigenvalue weighted by Crippen LogP contribution is -2.35. The number of anilines is 1. The molecule has 0 aromatic heterocycles. The molecule has 8 nitrogen and oxygen atoms in total. The highest BCUT2D eigenvalue weighted by atomic mass is 32.2. The Balaban J connectivity index is 1.60. The summed E-state index contributed by atoms with van der Waals surface area (Å²) in [5.41, 5.74) is 2.48. The molecule has 3 rings (SSSR count). The molecule has 0 aliphatic carbocycles. The predicted molar refractivity (Wildman–Crippen MR) is 117 cm³/mol. The van der Waals surface area contributed by atoms with Crippen LogP contribution < -0.4 is 14.4 Å². The van der Waals surface area contributed by atoms with Crippen molar-refractivity contribution in [3.05, 3.63) is 59.2 Å². The van der Waals surface area contributed by atoms with Crippen LogP contribution in [0.4, 0.5) is 5.69 Å². The maximum atomic E-state index is 12.5. The van der Waals surface area contributed by atoms with Gasteiger partial charge in [-0.05, 0) is 61.7 Å². The molecule has 2 aromatic rings. The van der Waals surface area contributed by atoms with Crippen molar-refractivity contribution in [2.75, 3.05) is 17.7 Å². The highest BCUT2D eigenvalue weighted by Crippen LogP contribution is 2.34. The summed E-state index contributed by atoms with van der Waals surface area (Å²) < 4.78 is 35.8. The van der Waals surface area contributed by atoms with E-state index in [1.807, 2.05) is 19.1 Å². The Bertz CT molecular complexity index is 1080. The second-order valence-electron chi connectivity index (χ2n) is 7.57. The first-order chi connectivity index (χ1) is 14.6. The van der Waals surface area contributed by atoms with E-state index < -0.39 is 28.0 Å². The number of rotatable bonds is 7. The Morgan fingerprint density at radius 1 is 1.19 bits per heavy atom. The van der Waals surface area contributed by atoms with Crippen LogP contribution in [0.1, 0.15) is 35.3 Å². The number of esters is 1. The molecule has 2 aromatic carbocycles. The fourth-order valence-electron chi connectivity index (χ4n) is 3.59. The van der Waals surface area contributed by atoms with Crippen molar-refractivity contribution >= 4 is 27.6 Å². The van der Waals surface area contributed by atoms with Crippen molar-refractivity contribution < 1.29 is 27.5 Å². The minimum absolute atomic E-state index is 0.223. The fraction of sp³-hybridized carbons (Fsp3) is 0.364. The van der Waals surface area contributed by atoms with E-state index in [4.69, 9.17) is 9.47 Å². The first-order valence-electron chi connectivity index (χ1n) is 9.84. The summed E-state index contributed by atoms with van der Waals surface area (Å²) in [4.78, 5) is 24.8. The number of benzene rings is 2. The minimum atomic E-state index is -3.40. The quantitative estimate of drug-likeness (QED) is 0.655. The average Bonchev–Trinajstić information content (AvgIpc) is 3.07. The third-order valence-corrected chi connectivity index (χ3v) is 6.38. The van der Waals surface area contributed by atoms with Crippen molar-refractivity contribution in [2.24, 2.45) is 0 Å². The van der Waals surface area contributed by atoms with Crippen LogP contribution in [-0.4, -0.2) is 45.8 Å². The normalized spacial score (nSPS) is 16.4. The minimum Gasteiger partial charge on any atom is -0.497 e. The van der Waals surface area contributed by atoms with Crippen molar-refractivity contribution in [3.63, 3.8) is 0 Å². The van der Waals surface area contributed by atoms with Gasteiger partial charge in [0.25, 0.3) is 5.91 Å². The topological polar surface area (TPSA) is 102 Å². The van der Waals surface area contributed by atoms with Gasteiger partial charge in [0.1, 0.15) is 5.75 Å². The van der Waals surface area contributed by atoms with E-state index in [0.717, 1.165) is 23.1 Å². The molecule has 0 radical (unpaired) electrons. The van der Waals surface area contributed by atoms with Crippen LogP contribution in [0.15, 0.2) is 42.5 Å². The predicted octanol–water partition coefficient (Wildman–Crippen LogP) is 2.27. The molecule has 1 heterocycles. The van der Waals surface area contributed by atoms with E-state index in [2.05, 4.69) is 5.32 Å². The number of nitrogens with zero attached hydrogens (tertiary/aromatic N) is 1. The van der Waals surface area contributed by atoms with Gasteiger partial charge >= 0.3 is 5.97 Å². The van der Waals surface area contributed by atoms with E-state index in [1.165, 1.54) is 17.3 Å². The lowest BCUT2D eigenvalue weighted by atomic mass is 10.1. The Morgan fingerprint density at radius 2 is 1.87 bits per heavy atom. The molecule has 2 atom stereocenters.